The zero-order valence-corrected chi connectivity index (χ0v) is 12.0. The number of nitrogens with one attached hydrogen (secondary N) is 1. The van der Waals surface area contributed by atoms with Crippen LogP contribution in [0.1, 0.15) is 11.1 Å². The summed E-state index contributed by atoms with van der Waals surface area (Å²) in [6.45, 7) is 1.95. The summed E-state index contributed by atoms with van der Waals surface area (Å²) < 4.78 is 0.771. The average molecular weight is 322 g/mol. The maximum atomic E-state index is 9.13. The van der Waals surface area contributed by atoms with Gasteiger partial charge in [-0.3, -0.25) is 0 Å². The van der Waals surface area contributed by atoms with Gasteiger partial charge in [-0.1, -0.05) is 23.7 Å². The Morgan fingerprint density at radius 3 is 2.72 bits per heavy atom. The molecule has 0 amide bonds. The Bertz CT molecular complexity index is 632. The molecule has 2 nitrogen and oxygen atoms in total. The molecule has 0 saturated carbocycles. The zero-order valence-electron chi connectivity index (χ0n) is 9.67. The lowest BCUT2D eigenvalue weighted by Crippen LogP contribution is -1.94. The van der Waals surface area contributed by atoms with Gasteiger partial charge < -0.3 is 5.32 Å². The van der Waals surface area contributed by atoms with Gasteiger partial charge in [0, 0.05) is 15.2 Å². The van der Waals surface area contributed by atoms with E-state index in [1.807, 2.05) is 43.3 Å². The van der Waals surface area contributed by atoms with Gasteiger partial charge in [-0.15, -0.1) is 0 Å². The highest BCUT2D eigenvalue weighted by Crippen LogP contribution is 2.28. The first-order chi connectivity index (χ1) is 8.61. The van der Waals surface area contributed by atoms with E-state index in [2.05, 4.69) is 27.3 Å². The molecule has 0 radical (unpaired) electrons. The molecule has 18 heavy (non-hydrogen) atoms. The second kappa shape index (κ2) is 5.43. The predicted molar refractivity (Wildman–Crippen MR) is 78.3 cm³/mol. The van der Waals surface area contributed by atoms with E-state index in [1.165, 1.54) is 0 Å². The molecule has 4 heteroatoms. The molecule has 1 N–H and O–H groups in total. The van der Waals surface area contributed by atoms with E-state index in [-0.39, 0.29) is 0 Å². The number of anilines is 2. The molecule has 0 aliphatic carbocycles. The van der Waals surface area contributed by atoms with Crippen LogP contribution >= 0.6 is 27.5 Å². The molecule has 90 valence electrons. The Balaban J connectivity index is 2.37. The van der Waals surface area contributed by atoms with Crippen molar-refractivity contribution in [3.63, 3.8) is 0 Å². The molecule has 0 atom stereocenters. The van der Waals surface area contributed by atoms with Crippen LogP contribution in [0.25, 0.3) is 0 Å². The minimum atomic E-state index is 0.578. The van der Waals surface area contributed by atoms with Crippen molar-refractivity contribution in [2.75, 3.05) is 5.32 Å². The van der Waals surface area contributed by atoms with Crippen LogP contribution in [0.3, 0.4) is 0 Å². The van der Waals surface area contributed by atoms with Crippen LogP contribution in [0, 0.1) is 18.3 Å². The number of hydrogen-bond acceptors (Lipinski definition) is 2. The quantitative estimate of drug-likeness (QED) is 0.842. The number of halogens is 2. The lowest BCUT2D eigenvalue weighted by molar-refractivity contribution is 1.42. The van der Waals surface area contributed by atoms with Crippen molar-refractivity contribution in [3.8, 4) is 6.07 Å². The standard InChI is InChI=1S/C14H10BrClN2/c1-9-5-6-10(7-13(9)16)18-14-4-2-3-12(15)11(14)8-17/h2-7,18H,1H3. The monoisotopic (exact) mass is 320 g/mol. The highest BCUT2D eigenvalue weighted by atomic mass is 79.9. The Labute approximate surface area is 119 Å². The van der Waals surface area contributed by atoms with Crippen LogP contribution in [-0.2, 0) is 0 Å². The summed E-state index contributed by atoms with van der Waals surface area (Å²) in [6.07, 6.45) is 0. The second-order valence-corrected chi connectivity index (χ2v) is 5.12. The number of rotatable bonds is 2. The smallest absolute Gasteiger partial charge is 0.103 e. The van der Waals surface area contributed by atoms with Gasteiger partial charge in [0.15, 0.2) is 0 Å². The molecule has 0 fully saturated rings. The van der Waals surface area contributed by atoms with Crippen LogP contribution in [0.15, 0.2) is 40.9 Å². The molecule has 0 aliphatic heterocycles. The first kappa shape index (κ1) is 12.9. The van der Waals surface area contributed by atoms with Crippen molar-refractivity contribution in [1.82, 2.24) is 0 Å². The molecule has 2 rings (SSSR count). The van der Waals surface area contributed by atoms with Crippen LogP contribution < -0.4 is 5.32 Å². The molecule has 0 heterocycles. The van der Waals surface area contributed by atoms with Gasteiger partial charge in [-0.25, -0.2) is 0 Å². The van der Waals surface area contributed by atoms with Crippen LogP contribution in [0.4, 0.5) is 11.4 Å². The Morgan fingerprint density at radius 2 is 2.06 bits per heavy atom. The number of nitrogens with zero attached hydrogens (tertiary/aromatic N) is 1. The molecule has 0 saturated heterocycles. The fourth-order valence-electron chi connectivity index (χ4n) is 1.57. The average Bonchev–Trinajstić information content (AvgIpc) is 2.34. The molecule has 2 aromatic carbocycles. The molecule has 0 aliphatic rings. The summed E-state index contributed by atoms with van der Waals surface area (Å²) in [4.78, 5) is 0. The van der Waals surface area contributed by atoms with E-state index in [0.717, 1.165) is 21.4 Å². The SMILES string of the molecule is Cc1ccc(Nc2cccc(Br)c2C#N)cc1Cl. The molecule has 2 aromatic rings. The van der Waals surface area contributed by atoms with E-state index in [1.54, 1.807) is 0 Å². The fraction of sp³-hybridized carbons (Fsp3) is 0.0714. The summed E-state index contributed by atoms with van der Waals surface area (Å²) >= 11 is 9.43. The number of benzene rings is 2. The fourth-order valence-corrected chi connectivity index (χ4v) is 2.20. The largest absolute Gasteiger partial charge is 0.354 e. The Hall–Kier alpha value is -1.50. The second-order valence-electron chi connectivity index (χ2n) is 3.86. The Morgan fingerprint density at radius 1 is 1.28 bits per heavy atom. The maximum Gasteiger partial charge on any atom is 0.103 e. The maximum absolute atomic E-state index is 9.13. The predicted octanol–water partition coefficient (Wildman–Crippen LogP) is 5.03. The number of hydrogen-bond donors (Lipinski definition) is 1. The van der Waals surface area contributed by atoms with Gasteiger partial charge in [0.05, 0.1) is 11.3 Å². The van der Waals surface area contributed by atoms with Crippen molar-refractivity contribution in [2.24, 2.45) is 0 Å². The van der Waals surface area contributed by atoms with E-state index in [9.17, 15) is 0 Å². The summed E-state index contributed by atoms with van der Waals surface area (Å²) in [6, 6.07) is 13.5. The van der Waals surface area contributed by atoms with E-state index in [4.69, 9.17) is 16.9 Å². The van der Waals surface area contributed by atoms with Gasteiger partial charge in [0.1, 0.15) is 6.07 Å². The lowest BCUT2D eigenvalue weighted by Gasteiger charge is -2.10. The minimum absolute atomic E-state index is 0.578. The van der Waals surface area contributed by atoms with Gasteiger partial charge in [-0.2, -0.15) is 5.26 Å². The summed E-state index contributed by atoms with van der Waals surface area (Å²) in [5.74, 6) is 0. The summed E-state index contributed by atoms with van der Waals surface area (Å²) in [7, 11) is 0. The normalized spacial score (nSPS) is 9.89. The molecule has 0 aromatic heterocycles. The van der Waals surface area contributed by atoms with Gasteiger partial charge in [0.25, 0.3) is 0 Å². The molecular weight excluding hydrogens is 312 g/mol. The van der Waals surface area contributed by atoms with Gasteiger partial charge >= 0.3 is 0 Å². The van der Waals surface area contributed by atoms with Crippen molar-refractivity contribution >= 4 is 38.9 Å². The van der Waals surface area contributed by atoms with Crippen LogP contribution in [-0.4, -0.2) is 0 Å². The third-order valence-electron chi connectivity index (χ3n) is 2.58. The highest BCUT2D eigenvalue weighted by Gasteiger charge is 2.06. The van der Waals surface area contributed by atoms with Gasteiger partial charge in [0.2, 0.25) is 0 Å². The van der Waals surface area contributed by atoms with Crippen molar-refractivity contribution in [1.29, 1.82) is 5.26 Å². The van der Waals surface area contributed by atoms with E-state index in [0.29, 0.717) is 10.6 Å². The van der Waals surface area contributed by atoms with Crippen LogP contribution in [0.5, 0.6) is 0 Å². The molecule has 0 spiro atoms. The topological polar surface area (TPSA) is 35.8 Å². The first-order valence-electron chi connectivity index (χ1n) is 5.33. The number of aryl methyl sites for hydroxylation is 1. The lowest BCUT2D eigenvalue weighted by atomic mass is 10.1. The van der Waals surface area contributed by atoms with Crippen molar-refractivity contribution < 1.29 is 0 Å². The molecular formula is C14H10BrClN2. The molecule has 0 unspecified atom stereocenters. The number of nitriles is 1. The van der Waals surface area contributed by atoms with Gasteiger partial charge in [-0.05, 0) is 52.7 Å². The first-order valence-corrected chi connectivity index (χ1v) is 6.50. The summed E-state index contributed by atoms with van der Waals surface area (Å²) in [5, 5.41) is 13.0. The minimum Gasteiger partial charge on any atom is -0.354 e. The third kappa shape index (κ3) is 2.66. The van der Waals surface area contributed by atoms with E-state index >= 15 is 0 Å². The highest BCUT2D eigenvalue weighted by molar-refractivity contribution is 9.10. The summed E-state index contributed by atoms with van der Waals surface area (Å²) in [5.41, 5.74) is 3.22. The third-order valence-corrected chi connectivity index (χ3v) is 3.64. The Kier molecular flexibility index (Phi) is 3.90. The van der Waals surface area contributed by atoms with Crippen molar-refractivity contribution in [2.45, 2.75) is 6.92 Å². The molecule has 0 bridgehead atoms. The van der Waals surface area contributed by atoms with E-state index < -0.39 is 0 Å². The zero-order chi connectivity index (χ0) is 13.1. The van der Waals surface area contributed by atoms with Crippen LogP contribution in [0.2, 0.25) is 5.02 Å². The van der Waals surface area contributed by atoms with Crippen molar-refractivity contribution in [3.05, 3.63) is 57.0 Å².